The lowest BCUT2D eigenvalue weighted by Crippen LogP contribution is -2.19. The van der Waals surface area contributed by atoms with Crippen molar-refractivity contribution in [1.82, 2.24) is 4.98 Å². The van der Waals surface area contributed by atoms with E-state index < -0.39 is 27.7 Å². The molecule has 0 saturated carbocycles. The summed E-state index contributed by atoms with van der Waals surface area (Å²) in [6, 6.07) is 1.24. The molecule has 0 fully saturated rings. The van der Waals surface area contributed by atoms with Crippen molar-refractivity contribution in [1.29, 1.82) is 0 Å². The van der Waals surface area contributed by atoms with E-state index in [1.807, 2.05) is 6.07 Å². The molecule has 8 nitrogen and oxygen atoms in total. The van der Waals surface area contributed by atoms with Gasteiger partial charge in [0.2, 0.25) is 4.34 Å². The molecule has 1 heterocycles. The average Bonchev–Trinajstić information content (AvgIpc) is 3.33. The van der Waals surface area contributed by atoms with Gasteiger partial charge in [0, 0.05) is 11.9 Å². The fraction of sp³-hybridized carbons (Fsp3) is 0.474. The zero-order valence-corrected chi connectivity index (χ0v) is 17.9. The molecule has 2 aliphatic rings. The maximum Gasteiger partial charge on any atom is 0.354 e. The van der Waals surface area contributed by atoms with Crippen LogP contribution >= 0.6 is 11.3 Å². The monoisotopic (exact) mass is 436 g/mol. The summed E-state index contributed by atoms with van der Waals surface area (Å²) in [7, 11) is -3.55. The Balaban J connectivity index is 1.66. The van der Waals surface area contributed by atoms with Crippen molar-refractivity contribution < 1.29 is 19.2 Å². The second-order valence-corrected chi connectivity index (χ2v) is 11.0. The second kappa shape index (κ2) is 7.13. The Bertz CT molecular complexity index is 1110. The summed E-state index contributed by atoms with van der Waals surface area (Å²) in [4.78, 5) is 17.1. The van der Waals surface area contributed by atoms with Crippen molar-refractivity contribution in [2.75, 3.05) is 5.32 Å². The van der Waals surface area contributed by atoms with Crippen LogP contribution in [0.5, 0.6) is 0 Å². The lowest BCUT2D eigenvalue weighted by atomic mass is 9.98. The minimum atomic E-state index is -3.55. The zero-order chi connectivity index (χ0) is 21.0. The van der Waals surface area contributed by atoms with Crippen LogP contribution < -0.4 is 10.5 Å². The Labute approximate surface area is 173 Å². The first-order valence-electron chi connectivity index (χ1n) is 9.46. The third-order valence-electron chi connectivity index (χ3n) is 5.36. The van der Waals surface area contributed by atoms with Gasteiger partial charge in [-0.15, -0.1) is 15.7 Å². The number of urea groups is 1. The molecule has 0 radical (unpaired) electrons. The van der Waals surface area contributed by atoms with Crippen molar-refractivity contribution in [3.8, 4) is 0 Å². The number of carbonyl (C=O) groups excluding carboxylic acids is 1. The number of amides is 2. The molecule has 1 unspecified atom stereocenters. The van der Waals surface area contributed by atoms with Gasteiger partial charge in [-0.1, -0.05) is 6.07 Å². The van der Waals surface area contributed by atoms with Crippen molar-refractivity contribution in [3.05, 3.63) is 39.4 Å². The molecule has 10 heteroatoms. The third kappa shape index (κ3) is 3.82. The lowest BCUT2D eigenvalue weighted by molar-refractivity contribution is 0.0823. The minimum Gasteiger partial charge on any atom is -0.388 e. The van der Waals surface area contributed by atoms with Crippen LogP contribution in [0.1, 0.15) is 59.9 Å². The second-order valence-electron chi connectivity index (χ2n) is 8.00. The number of aliphatic hydroxyl groups is 2. The Hall–Kier alpha value is -1.85. The van der Waals surface area contributed by atoms with Gasteiger partial charge in [0.25, 0.3) is 0 Å². The maximum atomic E-state index is 12.8. The predicted octanol–water partition coefficient (Wildman–Crippen LogP) is 2.77. The molecule has 0 spiro atoms. The van der Waals surface area contributed by atoms with Crippen LogP contribution in [0.4, 0.5) is 10.5 Å². The van der Waals surface area contributed by atoms with Gasteiger partial charge >= 0.3 is 6.03 Å². The van der Waals surface area contributed by atoms with Crippen LogP contribution in [0.15, 0.2) is 21.0 Å². The minimum absolute atomic E-state index is 0.0104. The summed E-state index contributed by atoms with van der Waals surface area (Å²) in [5.74, 6) is 0. The Morgan fingerprint density at radius 3 is 2.83 bits per heavy atom. The topological polar surface area (TPSA) is 138 Å². The highest BCUT2D eigenvalue weighted by atomic mass is 32.2. The van der Waals surface area contributed by atoms with Crippen molar-refractivity contribution in [2.45, 2.75) is 62.0 Å². The fourth-order valence-corrected chi connectivity index (χ4v) is 6.02. The molecule has 29 heavy (non-hydrogen) atoms. The number of anilines is 1. The summed E-state index contributed by atoms with van der Waals surface area (Å²) in [5.41, 5.74) is 3.48. The number of nitrogens with zero attached hydrogens (tertiary/aromatic N) is 2. The summed E-state index contributed by atoms with van der Waals surface area (Å²) < 4.78 is 16.5. The van der Waals surface area contributed by atoms with Crippen molar-refractivity contribution in [3.63, 3.8) is 0 Å². The van der Waals surface area contributed by atoms with E-state index in [0.717, 1.165) is 52.9 Å². The SMILES string of the molecule is CC(C)(O)c1cnc([S@@](N)(=O)=NC(=O)Nc2c3c(cc4c2CCC4O)CCC3)s1. The number of nitrogens with one attached hydrogen (secondary N) is 1. The first-order chi connectivity index (χ1) is 13.6. The molecular weight excluding hydrogens is 412 g/mol. The normalized spacial score (nSPS) is 20.1. The van der Waals surface area contributed by atoms with E-state index in [1.54, 1.807) is 13.8 Å². The smallest absolute Gasteiger partial charge is 0.354 e. The van der Waals surface area contributed by atoms with Gasteiger partial charge in [0.05, 0.1) is 16.6 Å². The Kier molecular flexibility index (Phi) is 5.02. The highest BCUT2D eigenvalue weighted by Gasteiger charge is 2.29. The fourth-order valence-electron chi connectivity index (χ4n) is 3.94. The standard InChI is InChI=1S/C19H24N4O4S2/c1-19(2,26)15-9-21-18(28-15)29(20,27)23-17(25)22-16-11-5-3-4-10(11)8-13-12(16)6-7-14(13)24/h8-9,14,24,26H,3-7H2,1-2H3,(H3,20,22,23,25,27)/t14?,29-/m0/s1. The molecule has 4 rings (SSSR count). The third-order valence-corrected chi connectivity index (χ3v) is 8.47. The molecule has 0 aliphatic heterocycles. The Morgan fingerprint density at radius 2 is 2.14 bits per heavy atom. The van der Waals surface area contributed by atoms with Gasteiger partial charge < -0.3 is 15.5 Å². The van der Waals surface area contributed by atoms with Crippen LogP contribution in [0.25, 0.3) is 0 Å². The van der Waals surface area contributed by atoms with E-state index in [2.05, 4.69) is 14.7 Å². The van der Waals surface area contributed by atoms with Crippen LogP contribution in [0.3, 0.4) is 0 Å². The molecule has 2 aliphatic carbocycles. The van der Waals surface area contributed by atoms with E-state index in [0.29, 0.717) is 23.4 Å². The molecule has 5 N–H and O–H groups in total. The number of carbonyl (C=O) groups is 1. The van der Waals surface area contributed by atoms with Gasteiger partial charge in [-0.25, -0.2) is 19.1 Å². The Morgan fingerprint density at radius 1 is 1.38 bits per heavy atom. The van der Waals surface area contributed by atoms with Gasteiger partial charge in [-0.05, 0) is 68.2 Å². The van der Waals surface area contributed by atoms with Gasteiger partial charge in [-0.2, -0.15) is 0 Å². The average molecular weight is 437 g/mol. The van der Waals surface area contributed by atoms with Gasteiger partial charge in [0.15, 0.2) is 9.92 Å². The predicted molar refractivity (Wildman–Crippen MR) is 111 cm³/mol. The molecule has 156 valence electrons. The number of aliphatic hydroxyl groups excluding tert-OH is 1. The number of hydrogen-bond donors (Lipinski definition) is 4. The summed E-state index contributed by atoms with van der Waals surface area (Å²) in [6.07, 6.45) is 4.87. The number of hydrogen-bond acceptors (Lipinski definition) is 6. The molecule has 0 bridgehead atoms. The van der Waals surface area contributed by atoms with Crippen LogP contribution in [0, 0.1) is 0 Å². The quantitative estimate of drug-likeness (QED) is 0.586. The van der Waals surface area contributed by atoms with E-state index in [-0.39, 0.29) is 4.34 Å². The first-order valence-corrected chi connectivity index (χ1v) is 11.9. The molecule has 0 saturated heterocycles. The summed E-state index contributed by atoms with van der Waals surface area (Å²) >= 11 is 0.967. The van der Waals surface area contributed by atoms with Crippen LogP contribution in [-0.4, -0.2) is 25.4 Å². The molecule has 2 aromatic rings. The highest BCUT2D eigenvalue weighted by Crippen LogP contribution is 2.42. The van der Waals surface area contributed by atoms with Gasteiger partial charge in [-0.3, -0.25) is 0 Å². The summed E-state index contributed by atoms with van der Waals surface area (Å²) in [5, 5.41) is 28.9. The number of fused-ring (bicyclic) bond motifs is 2. The molecular formula is C19H24N4O4S2. The number of thiazole rings is 1. The number of rotatable bonds is 3. The molecule has 2 amide bonds. The molecule has 1 aromatic heterocycles. The first kappa shape index (κ1) is 20.4. The van der Waals surface area contributed by atoms with Crippen LogP contribution in [0.2, 0.25) is 0 Å². The maximum absolute atomic E-state index is 12.8. The number of aromatic nitrogens is 1. The lowest BCUT2D eigenvalue weighted by Gasteiger charge is -2.15. The number of benzene rings is 1. The largest absolute Gasteiger partial charge is 0.388 e. The van der Waals surface area contributed by atoms with E-state index in [1.165, 1.54) is 6.20 Å². The van der Waals surface area contributed by atoms with E-state index in [9.17, 15) is 19.2 Å². The van der Waals surface area contributed by atoms with Gasteiger partial charge in [0.1, 0.15) is 0 Å². The molecule has 1 aromatic carbocycles. The van der Waals surface area contributed by atoms with Crippen LogP contribution in [-0.2, 0) is 34.8 Å². The van der Waals surface area contributed by atoms with E-state index in [4.69, 9.17) is 5.14 Å². The number of aryl methyl sites for hydroxylation is 1. The van der Waals surface area contributed by atoms with E-state index >= 15 is 0 Å². The number of nitrogens with two attached hydrogens (primary N) is 1. The summed E-state index contributed by atoms with van der Waals surface area (Å²) in [6.45, 7) is 3.16. The van der Waals surface area contributed by atoms with Crippen molar-refractivity contribution in [2.24, 2.45) is 9.50 Å². The van der Waals surface area contributed by atoms with Crippen molar-refractivity contribution >= 4 is 33.0 Å². The molecule has 2 atom stereocenters. The highest BCUT2D eigenvalue weighted by molar-refractivity contribution is 7.93. The zero-order valence-electron chi connectivity index (χ0n) is 16.3.